The minimum atomic E-state index is -0.620. The van der Waals surface area contributed by atoms with E-state index in [2.05, 4.69) is 30.3 Å². The summed E-state index contributed by atoms with van der Waals surface area (Å²) in [6, 6.07) is 12.8. The van der Waals surface area contributed by atoms with Crippen molar-refractivity contribution < 1.29 is 4.79 Å². The summed E-state index contributed by atoms with van der Waals surface area (Å²) in [6.07, 6.45) is 2.98. The molecule has 1 aromatic carbocycles. The van der Waals surface area contributed by atoms with Gasteiger partial charge in [-0.2, -0.15) is 5.26 Å². The van der Waals surface area contributed by atoms with Crippen molar-refractivity contribution in [2.45, 2.75) is 38.3 Å². The highest BCUT2D eigenvalue weighted by molar-refractivity contribution is 5.81. The molecule has 0 radical (unpaired) electrons. The number of nitrogens with zero attached hydrogens (tertiary/aromatic N) is 2. The molecule has 1 aromatic rings. The van der Waals surface area contributed by atoms with Gasteiger partial charge in [0.1, 0.15) is 5.92 Å². The monoisotopic (exact) mass is 285 g/mol. The Morgan fingerprint density at radius 3 is 2.67 bits per heavy atom. The Hall–Kier alpha value is -1.86. The van der Waals surface area contributed by atoms with Crippen LogP contribution in [0.2, 0.25) is 0 Å². The van der Waals surface area contributed by atoms with Gasteiger partial charge in [-0.15, -0.1) is 0 Å². The lowest BCUT2D eigenvalue weighted by Crippen LogP contribution is -2.43. The molecule has 0 spiro atoms. The minimum absolute atomic E-state index is 0.169. The molecule has 0 heterocycles. The van der Waals surface area contributed by atoms with Crippen molar-refractivity contribution in [3.05, 3.63) is 35.9 Å². The van der Waals surface area contributed by atoms with E-state index >= 15 is 0 Å². The fraction of sp³-hybridized carbons (Fsp3) is 0.529. The van der Waals surface area contributed by atoms with Crippen LogP contribution in [-0.4, -0.2) is 36.5 Å². The van der Waals surface area contributed by atoms with Crippen molar-refractivity contribution in [2.24, 2.45) is 5.92 Å². The van der Waals surface area contributed by atoms with E-state index in [9.17, 15) is 10.1 Å². The number of carbonyl (C=O) groups is 1. The number of benzene rings is 1. The van der Waals surface area contributed by atoms with Crippen molar-refractivity contribution in [3.8, 4) is 6.07 Å². The second-order valence-electron chi connectivity index (χ2n) is 5.86. The summed E-state index contributed by atoms with van der Waals surface area (Å²) in [5.41, 5.74) is 1.02. The number of nitrogens with one attached hydrogen (secondary N) is 1. The Labute approximate surface area is 126 Å². The maximum Gasteiger partial charge on any atom is 0.237 e. The molecule has 112 valence electrons. The van der Waals surface area contributed by atoms with Crippen LogP contribution < -0.4 is 5.32 Å². The number of nitriles is 1. The first-order chi connectivity index (χ1) is 10.1. The maximum absolute atomic E-state index is 12.1. The molecule has 0 aromatic heterocycles. The van der Waals surface area contributed by atoms with Crippen LogP contribution in [0.25, 0.3) is 0 Å². The average molecular weight is 285 g/mol. The van der Waals surface area contributed by atoms with Gasteiger partial charge in [0, 0.05) is 18.6 Å². The minimum Gasteiger partial charge on any atom is -0.353 e. The molecule has 4 heteroatoms. The first-order valence-corrected chi connectivity index (χ1v) is 7.55. The zero-order chi connectivity index (χ0) is 15.2. The molecule has 1 aliphatic carbocycles. The van der Waals surface area contributed by atoms with E-state index in [-0.39, 0.29) is 5.91 Å². The van der Waals surface area contributed by atoms with Crippen molar-refractivity contribution in [3.63, 3.8) is 0 Å². The van der Waals surface area contributed by atoms with Crippen molar-refractivity contribution in [1.29, 1.82) is 5.26 Å². The molecule has 1 N–H and O–H groups in total. The number of hydrogen-bond donors (Lipinski definition) is 1. The van der Waals surface area contributed by atoms with Gasteiger partial charge in [-0.1, -0.05) is 30.3 Å². The number of amides is 1. The Balaban J connectivity index is 1.81. The van der Waals surface area contributed by atoms with Gasteiger partial charge < -0.3 is 5.32 Å². The summed E-state index contributed by atoms with van der Waals surface area (Å²) in [6.45, 7) is 2.70. The predicted octanol–water partition coefficient (Wildman–Crippen LogP) is 1.97. The average Bonchev–Trinajstić information content (AvgIpc) is 3.35. The highest BCUT2D eigenvalue weighted by Gasteiger charge is 2.29. The molecule has 2 atom stereocenters. The number of likely N-dealkylation sites (N-methyl/N-ethyl adjacent to an activating group) is 1. The molecule has 2 unspecified atom stereocenters. The van der Waals surface area contributed by atoms with Crippen LogP contribution in [0.4, 0.5) is 0 Å². The molecular weight excluding hydrogens is 262 g/mol. The first kappa shape index (κ1) is 15.5. The first-order valence-electron chi connectivity index (χ1n) is 7.55. The summed E-state index contributed by atoms with van der Waals surface area (Å²) in [5.74, 6) is -0.789. The van der Waals surface area contributed by atoms with Gasteiger partial charge in [0.2, 0.25) is 5.91 Å². The Morgan fingerprint density at radius 1 is 1.43 bits per heavy atom. The van der Waals surface area contributed by atoms with E-state index in [0.29, 0.717) is 25.0 Å². The van der Waals surface area contributed by atoms with E-state index < -0.39 is 5.92 Å². The van der Waals surface area contributed by atoms with Gasteiger partial charge in [0.05, 0.1) is 6.07 Å². The fourth-order valence-electron chi connectivity index (χ4n) is 2.40. The molecule has 1 fully saturated rings. The lowest BCUT2D eigenvalue weighted by molar-refractivity contribution is -0.123. The third kappa shape index (κ3) is 4.57. The Morgan fingerprint density at radius 2 is 2.10 bits per heavy atom. The summed E-state index contributed by atoms with van der Waals surface area (Å²) in [4.78, 5) is 14.4. The quantitative estimate of drug-likeness (QED) is 0.833. The summed E-state index contributed by atoms with van der Waals surface area (Å²) in [7, 11) is 2.10. The molecule has 21 heavy (non-hydrogen) atoms. The molecule has 0 aliphatic heterocycles. The standard InChI is InChI=1S/C17H23N3O/c1-13(20(2)16-8-9-16)12-19-17(21)15(11-18)10-14-6-4-3-5-7-14/h3-7,13,15-16H,8-10,12H2,1-2H3,(H,19,21). The second-order valence-corrected chi connectivity index (χ2v) is 5.86. The Bertz CT molecular complexity index is 505. The summed E-state index contributed by atoms with van der Waals surface area (Å²) in [5, 5.41) is 12.1. The van der Waals surface area contributed by atoms with Crippen LogP contribution in [0.1, 0.15) is 25.3 Å². The summed E-state index contributed by atoms with van der Waals surface area (Å²) < 4.78 is 0. The van der Waals surface area contributed by atoms with Crippen molar-refractivity contribution in [1.82, 2.24) is 10.2 Å². The normalized spacial score (nSPS) is 17.0. The number of carbonyl (C=O) groups excluding carboxylic acids is 1. The van der Waals surface area contributed by atoms with E-state index in [1.165, 1.54) is 12.8 Å². The van der Waals surface area contributed by atoms with Crippen molar-refractivity contribution >= 4 is 5.91 Å². The Kier molecular flexibility index (Phi) is 5.35. The van der Waals surface area contributed by atoms with Gasteiger partial charge in [0.25, 0.3) is 0 Å². The van der Waals surface area contributed by atoms with Gasteiger partial charge in [-0.05, 0) is 38.8 Å². The fourth-order valence-corrected chi connectivity index (χ4v) is 2.40. The zero-order valence-corrected chi connectivity index (χ0v) is 12.7. The topological polar surface area (TPSA) is 56.1 Å². The third-order valence-electron chi connectivity index (χ3n) is 4.14. The number of rotatable bonds is 7. The molecule has 1 aliphatic rings. The lowest BCUT2D eigenvalue weighted by atomic mass is 10.00. The summed E-state index contributed by atoms with van der Waals surface area (Å²) >= 11 is 0. The van der Waals surface area contributed by atoms with Crippen LogP contribution in [0, 0.1) is 17.2 Å². The van der Waals surface area contributed by atoms with Gasteiger partial charge in [-0.25, -0.2) is 0 Å². The molecule has 0 bridgehead atoms. The second kappa shape index (κ2) is 7.24. The van der Waals surface area contributed by atoms with Crippen LogP contribution in [0.5, 0.6) is 0 Å². The highest BCUT2D eigenvalue weighted by Crippen LogP contribution is 2.26. The highest BCUT2D eigenvalue weighted by atomic mass is 16.1. The van der Waals surface area contributed by atoms with Gasteiger partial charge >= 0.3 is 0 Å². The molecular formula is C17H23N3O. The molecule has 1 saturated carbocycles. The smallest absolute Gasteiger partial charge is 0.237 e. The van der Waals surface area contributed by atoms with Crippen LogP contribution in [0.15, 0.2) is 30.3 Å². The lowest BCUT2D eigenvalue weighted by Gasteiger charge is -2.25. The molecule has 1 amide bonds. The van der Waals surface area contributed by atoms with Crippen LogP contribution in [0.3, 0.4) is 0 Å². The van der Waals surface area contributed by atoms with Crippen molar-refractivity contribution in [2.75, 3.05) is 13.6 Å². The van der Waals surface area contributed by atoms with Crippen LogP contribution in [-0.2, 0) is 11.2 Å². The van der Waals surface area contributed by atoms with E-state index in [1.54, 1.807) is 0 Å². The van der Waals surface area contributed by atoms with E-state index in [0.717, 1.165) is 5.56 Å². The number of hydrogen-bond acceptors (Lipinski definition) is 3. The van der Waals surface area contributed by atoms with E-state index in [4.69, 9.17) is 0 Å². The third-order valence-corrected chi connectivity index (χ3v) is 4.14. The van der Waals surface area contributed by atoms with E-state index in [1.807, 2.05) is 30.3 Å². The SMILES string of the molecule is CC(CNC(=O)C(C#N)Cc1ccccc1)N(C)C1CC1. The molecule has 0 saturated heterocycles. The van der Waals surface area contributed by atoms with Crippen LogP contribution >= 0.6 is 0 Å². The van der Waals surface area contributed by atoms with Gasteiger partial charge in [-0.3, -0.25) is 9.69 Å². The maximum atomic E-state index is 12.1. The van der Waals surface area contributed by atoms with Gasteiger partial charge in [0.15, 0.2) is 0 Å². The largest absolute Gasteiger partial charge is 0.353 e. The predicted molar refractivity (Wildman–Crippen MR) is 82.5 cm³/mol. The molecule has 4 nitrogen and oxygen atoms in total. The zero-order valence-electron chi connectivity index (χ0n) is 12.7. The molecule has 2 rings (SSSR count).